The van der Waals surface area contributed by atoms with Gasteiger partial charge in [-0.3, -0.25) is 4.79 Å². The molecule has 1 atom stereocenters. The van der Waals surface area contributed by atoms with Gasteiger partial charge in [0.1, 0.15) is 12.8 Å². The van der Waals surface area contributed by atoms with E-state index in [2.05, 4.69) is 13.5 Å². The third kappa shape index (κ3) is 12.3. The fourth-order valence-electron chi connectivity index (χ4n) is 1.16. The summed E-state index contributed by atoms with van der Waals surface area (Å²) in [6, 6.07) is 8.54. The van der Waals surface area contributed by atoms with Crippen molar-refractivity contribution in [2.45, 2.75) is 32.2 Å². The predicted molar refractivity (Wildman–Crippen MR) is 78.0 cm³/mol. The first-order valence-electron chi connectivity index (χ1n) is 6.03. The van der Waals surface area contributed by atoms with E-state index in [0.29, 0.717) is 6.42 Å². The lowest BCUT2D eigenvalue weighted by Gasteiger charge is -2.04. The lowest BCUT2D eigenvalue weighted by atomic mass is 10.1. The van der Waals surface area contributed by atoms with Crippen LogP contribution in [0.5, 0.6) is 0 Å². The molecule has 0 aliphatic heterocycles. The van der Waals surface area contributed by atoms with Gasteiger partial charge in [-0.25, -0.2) is 0 Å². The molecule has 1 unspecified atom stereocenters. The van der Waals surface area contributed by atoms with E-state index in [1.165, 1.54) is 6.42 Å². The fourth-order valence-corrected chi connectivity index (χ4v) is 1.16. The van der Waals surface area contributed by atoms with Crippen LogP contribution in [0.3, 0.4) is 0 Å². The highest BCUT2D eigenvalue weighted by Crippen LogP contribution is 2.01. The first kappa shape index (κ1) is 19.4. The number of nitrogens with two attached hydrogens (primary N) is 1. The molecule has 1 aromatic rings. The van der Waals surface area contributed by atoms with Crippen molar-refractivity contribution in [1.82, 2.24) is 0 Å². The van der Waals surface area contributed by atoms with Crippen LogP contribution in [0.25, 0.3) is 0 Å². The van der Waals surface area contributed by atoms with E-state index >= 15 is 0 Å². The molecular formula is C15H23NO3. The highest BCUT2D eigenvalue weighted by atomic mass is 16.4. The quantitative estimate of drug-likeness (QED) is 0.801. The Morgan fingerprint density at radius 2 is 1.89 bits per heavy atom. The van der Waals surface area contributed by atoms with E-state index in [1.807, 2.05) is 43.2 Å². The maximum Gasteiger partial charge on any atom is 0.320 e. The SMILES string of the molecule is C=CCCC.C=O.NC(Cc1ccccc1)C(=O)O. The molecule has 3 N–H and O–H groups in total. The van der Waals surface area contributed by atoms with E-state index in [-0.39, 0.29) is 0 Å². The number of carboxylic acid groups (broad SMARTS) is 1. The van der Waals surface area contributed by atoms with Crippen LogP contribution in [0.2, 0.25) is 0 Å². The molecule has 0 radical (unpaired) electrons. The first-order chi connectivity index (χ1) is 9.11. The maximum absolute atomic E-state index is 10.4. The largest absolute Gasteiger partial charge is 0.480 e. The molecule has 0 aliphatic rings. The zero-order valence-electron chi connectivity index (χ0n) is 11.4. The highest BCUT2D eigenvalue weighted by Gasteiger charge is 2.10. The summed E-state index contributed by atoms with van der Waals surface area (Å²) in [5.74, 6) is -0.959. The molecule has 0 saturated carbocycles. The molecule has 0 bridgehead atoms. The maximum atomic E-state index is 10.4. The summed E-state index contributed by atoms with van der Waals surface area (Å²) in [4.78, 5) is 18.4. The number of aliphatic carboxylic acids is 1. The number of carbonyl (C=O) groups is 2. The number of rotatable bonds is 5. The number of hydrogen-bond acceptors (Lipinski definition) is 3. The van der Waals surface area contributed by atoms with Crippen LogP contribution in [0.15, 0.2) is 43.0 Å². The zero-order chi connectivity index (χ0) is 15.1. The lowest BCUT2D eigenvalue weighted by molar-refractivity contribution is -0.138. The summed E-state index contributed by atoms with van der Waals surface area (Å²) in [5, 5.41) is 8.52. The Labute approximate surface area is 114 Å². The number of allylic oxidation sites excluding steroid dienone is 1. The van der Waals surface area contributed by atoms with E-state index in [0.717, 1.165) is 12.0 Å². The van der Waals surface area contributed by atoms with Crippen molar-refractivity contribution in [3.63, 3.8) is 0 Å². The van der Waals surface area contributed by atoms with E-state index in [1.54, 1.807) is 0 Å². The Morgan fingerprint density at radius 1 is 1.37 bits per heavy atom. The summed E-state index contributed by atoms with van der Waals surface area (Å²) < 4.78 is 0. The van der Waals surface area contributed by atoms with Crippen molar-refractivity contribution < 1.29 is 14.7 Å². The van der Waals surface area contributed by atoms with Gasteiger partial charge >= 0.3 is 5.97 Å². The zero-order valence-corrected chi connectivity index (χ0v) is 11.4. The van der Waals surface area contributed by atoms with Crippen molar-refractivity contribution in [1.29, 1.82) is 0 Å². The fraction of sp³-hybridized carbons (Fsp3) is 0.333. The summed E-state index contributed by atoms with van der Waals surface area (Å²) >= 11 is 0. The van der Waals surface area contributed by atoms with Crippen LogP contribution in [-0.4, -0.2) is 23.9 Å². The summed E-state index contributed by atoms with van der Waals surface area (Å²) in [6.45, 7) is 7.69. The third-order valence-corrected chi connectivity index (χ3v) is 2.11. The molecule has 0 saturated heterocycles. The van der Waals surface area contributed by atoms with Crippen LogP contribution in [0, 0.1) is 0 Å². The summed E-state index contributed by atoms with van der Waals surface area (Å²) in [7, 11) is 0. The minimum atomic E-state index is -0.959. The predicted octanol–water partition coefficient (Wildman–Crippen LogP) is 2.43. The van der Waals surface area contributed by atoms with Gasteiger partial charge in [0.15, 0.2) is 0 Å². The molecule has 106 valence electrons. The van der Waals surface area contributed by atoms with Gasteiger partial charge in [-0.1, -0.05) is 49.8 Å². The van der Waals surface area contributed by atoms with Crippen LogP contribution >= 0.6 is 0 Å². The van der Waals surface area contributed by atoms with Crippen LogP contribution in [0.4, 0.5) is 0 Å². The molecular weight excluding hydrogens is 242 g/mol. The molecule has 1 aromatic carbocycles. The Morgan fingerprint density at radius 3 is 2.21 bits per heavy atom. The van der Waals surface area contributed by atoms with Crippen LogP contribution in [-0.2, 0) is 16.0 Å². The monoisotopic (exact) mass is 265 g/mol. The van der Waals surface area contributed by atoms with Gasteiger partial charge in [0.05, 0.1) is 0 Å². The van der Waals surface area contributed by atoms with E-state index in [4.69, 9.17) is 15.6 Å². The van der Waals surface area contributed by atoms with Gasteiger partial charge in [-0.05, 0) is 18.4 Å². The Balaban J connectivity index is 0. The van der Waals surface area contributed by atoms with Crippen molar-refractivity contribution in [3.8, 4) is 0 Å². The van der Waals surface area contributed by atoms with Crippen LogP contribution in [0.1, 0.15) is 25.3 Å². The van der Waals surface area contributed by atoms with Gasteiger partial charge in [0, 0.05) is 0 Å². The second-order valence-electron chi connectivity index (χ2n) is 3.71. The van der Waals surface area contributed by atoms with Crippen molar-refractivity contribution in [2.75, 3.05) is 0 Å². The summed E-state index contributed by atoms with van der Waals surface area (Å²) in [6.07, 6.45) is 4.69. The molecule has 4 nitrogen and oxygen atoms in total. The van der Waals surface area contributed by atoms with Gasteiger partial charge in [0.2, 0.25) is 0 Å². The van der Waals surface area contributed by atoms with Crippen molar-refractivity contribution in [2.24, 2.45) is 5.73 Å². The average molecular weight is 265 g/mol. The Kier molecular flexibility index (Phi) is 14.4. The molecule has 0 fully saturated rings. The average Bonchev–Trinajstić information content (AvgIpc) is 2.43. The smallest absolute Gasteiger partial charge is 0.320 e. The molecule has 0 aromatic heterocycles. The van der Waals surface area contributed by atoms with Gasteiger partial charge < -0.3 is 15.6 Å². The van der Waals surface area contributed by atoms with E-state index < -0.39 is 12.0 Å². The van der Waals surface area contributed by atoms with Crippen LogP contribution < -0.4 is 5.73 Å². The minimum Gasteiger partial charge on any atom is -0.480 e. The number of carbonyl (C=O) groups excluding carboxylic acids is 1. The van der Waals surface area contributed by atoms with Crippen molar-refractivity contribution >= 4 is 12.8 Å². The topological polar surface area (TPSA) is 80.4 Å². The Bertz CT molecular complexity index is 339. The first-order valence-corrected chi connectivity index (χ1v) is 6.03. The van der Waals surface area contributed by atoms with Gasteiger partial charge in [0.25, 0.3) is 0 Å². The van der Waals surface area contributed by atoms with Crippen molar-refractivity contribution in [3.05, 3.63) is 48.6 Å². The molecule has 4 heteroatoms. The second kappa shape index (κ2) is 14.1. The van der Waals surface area contributed by atoms with Gasteiger partial charge in [-0.2, -0.15) is 0 Å². The number of hydrogen-bond donors (Lipinski definition) is 2. The second-order valence-corrected chi connectivity index (χ2v) is 3.71. The molecule has 19 heavy (non-hydrogen) atoms. The minimum absolute atomic E-state index is 0.385. The molecule has 0 heterocycles. The van der Waals surface area contributed by atoms with Gasteiger partial charge in [-0.15, -0.1) is 6.58 Å². The third-order valence-electron chi connectivity index (χ3n) is 2.11. The number of carboxylic acids is 1. The molecule has 0 amide bonds. The molecule has 0 aliphatic carbocycles. The standard InChI is InChI=1S/C9H11NO2.C5H10.CH2O/c10-8(9(11)12)6-7-4-2-1-3-5-7;1-3-5-4-2;1-2/h1-5,8H,6,10H2,(H,11,12);3H,1,4-5H2,2H3;1H2. The number of benzene rings is 1. The Hall–Kier alpha value is -1.94. The highest BCUT2D eigenvalue weighted by molar-refractivity contribution is 5.73. The molecule has 1 rings (SSSR count). The molecule has 0 spiro atoms. The normalized spacial score (nSPS) is 10.0. The van der Waals surface area contributed by atoms with E-state index in [9.17, 15) is 4.79 Å². The lowest BCUT2D eigenvalue weighted by Crippen LogP contribution is -2.32. The number of unbranched alkanes of at least 4 members (excludes halogenated alkanes) is 1. The summed E-state index contributed by atoms with van der Waals surface area (Å²) in [5.41, 5.74) is 6.30.